The second-order valence-electron chi connectivity index (χ2n) is 6.26. The summed E-state index contributed by atoms with van der Waals surface area (Å²) >= 11 is 1.86. The Morgan fingerprint density at radius 1 is 1.41 bits per heavy atom. The van der Waals surface area contributed by atoms with Crippen LogP contribution in [0.4, 0.5) is 0 Å². The third-order valence-electron chi connectivity index (χ3n) is 4.15. The van der Waals surface area contributed by atoms with E-state index in [0.717, 1.165) is 28.9 Å². The maximum atomic E-state index is 12.6. The molecule has 0 heterocycles. The second-order valence-corrected chi connectivity index (χ2v) is 7.61. The summed E-state index contributed by atoms with van der Waals surface area (Å²) in [6.45, 7) is 4.19. The molecule has 1 aliphatic rings. The van der Waals surface area contributed by atoms with Crippen molar-refractivity contribution in [3.63, 3.8) is 0 Å². The number of aliphatic hydroxyl groups excluding tert-OH is 1. The van der Waals surface area contributed by atoms with Gasteiger partial charge in [-0.1, -0.05) is 24.5 Å². The van der Waals surface area contributed by atoms with Gasteiger partial charge in [-0.15, -0.1) is 11.8 Å². The van der Waals surface area contributed by atoms with Crippen LogP contribution in [0.2, 0.25) is 0 Å². The van der Waals surface area contributed by atoms with Crippen LogP contribution in [0.1, 0.15) is 61.4 Å². The van der Waals surface area contributed by atoms with Crippen LogP contribution in [0, 0.1) is 6.92 Å². The van der Waals surface area contributed by atoms with Gasteiger partial charge in [0.2, 0.25) is 0 Å². The van der Waals surface area contributed by atoms with Crippen LogP contribution < -0.4 is 5.32 Å². The molecule has 1 aromatic carbocycles. The Labute approximate surface area is 137 Å². The number of carbonyl (C=O) groups excluding carboxylic acids is 1. The molecular formula is C18H27NO2S. The topological polar surface area (TPSA) is 49.3 Å². The van der Waals surface area contributed by atoms with Crippen LogP contribution in [0.5, 0.6) is 0 Å². The molecule has 3 nitrogen and oxygen atoms in total. The van der Waals surface area contributed by atoms with Gasteiger partial charge >= 0.3 is 0 Å². The number of thioether (sulfide) groups is 1. The van der Waals surface area contributed by atoms with Crippen molar-refractivity contribution in [1.82, 2.24) is 5.32 Å². The summed E-state index contributed by atoms with van der Waals surface area (Å²) < 4.78 is 0. The molecule has 2 rings (SSSR count). The molecule has 4 heteroatoms. The fraction of sp³-hybridized carbons (Fsp3) is 0.611. The molecule has 22 heavy (non-hydrogen) atoms. The van der Waals surface area contributed by atoms with Crippen molar-refractivity contribution < 1.29 is 9.90 Å². The maximum absolute atomic E-state index is 12.6. The molecule has 122 valence electrons. The Balaban J connectivity index is 2.06. The summed E-state index contributed by atoms with van der Waals surface area (Å²) in [7, 11) is 0. The normalized spacial score (nSPS) is 16.7. The molecular weight excluding hydrogens is 294 g/mol. The summed E-state index contributed by atoms with van der Waals surface area (Å²) in [4.78, 5) is 13.7. The van der Waals surface area contributed by atoms with E-state index in [1.54, 1.807) is 0 Å². The zero-order valence-electron chi connectivity index (χ0n) is 13.6. The minimum atomic E-state index is 0.00892. The number of nitrogens with one attached hydrogen (secondary N) is 1. The second kappa shape index (κ2) is 8.59. The predicted molar refractivity (Wildman–Crippen MR) is 92.5 cm³/mol. The first kappa shape index (κ1) is 17.4. The highest BCUT2D eigenvalue weighted by atomic mass is 32.2. The molecule has 1 unspecified atom stereocenters. The third kappa shape index (κ3) is 5.03. The van der Waals surface area contributed by atoms with E-state index in [2.05, 4.69) is 17.4 Å². The van der Waals surface area contributed by atoms with Crippen LogP contribution in [-0.2, 0) is 0 Å². The SMILES string of the molecule is Cc1ccc(SC2CCCC2)c(C(=O)NC(C)CCCO)c1. The third-order valence-corrected chi connectivity index (χ3v) is 5.56. The monoisotopic (exact) mass is 321 g/mol. The smallest absolute Gasteiger partial charge is 0.252 e. The average molecular weight is 321 g/mol. The molecule has 0 spiro atoms. The molecule has 1 amide bonds. The van der Waals surface area contributed by atoms with Crippen molar-refractivity contribution >= 4 is 17.7 Å². The molecule has 0 aromatic heterocycles. The predicted octanol–water partition coefficient (Wildman–Crippen LogP) is 3.92. The van der Waals surface area contributed by atoms with Crippen LogP contribution in [0.3, 0.4) is 0 Å². The van der Waals surface area contributed by atoms with Gasteiger partial charge in [-0.05, 0) is 51.7 Å². The van der Waals surface area contributed by atoms with Crippen molar-refractivity contribution in [2.24, 2.45) is 0 Å². The van der Waals surface area contributed by atoms with E-state index in [1.807, 2.05) is 31.7 Å². The molecule has 1 aromatic rings. The van der Waals surface area contributed by atoms with Crippen LogP contribution >= 0.6 is 11.8 Å². The van der Waals surface area contributed by atoms with Gasteiger partial charge in [0.25, 0.3) is 5.91 Å². The van der Waals surface area contributed by atoms with Gasteiger partial charge in [-0.25, -0.2) is 0 Å². The van der Waals surface area contributed by atoms with Gasteiger partial charge in [0, 0.05) is 22.8 Å². The van der Waals surface area contributed by atoms with E-state index in [1.165, 1.54) is 25.7 Å². The molecule has 0 saturated heterocycles. The number of benzene rings is 1. The zero-order chi connectivity index (χ0) is 15.9. The van der Waals surface area contributed by atoms with E-state index in [9.17, 15) is 4.79 Å². The lowest BCUT2D eigenvalue weighted by atomic mass is 10.1. The molecule has 0 bridgehead atoms. The number of hydrogen-bond donors (Lipinski definition) is 2. The van der Waals surface area contributed by atoms with E-state index < -0.39 is 0 Å². The first-order valence-corrected chi connectivity index (χ1v) is 9.17. The lowest BCUT2D eigenvalue weighted by Crippen LogP contribution is -2.33. The molecule has 0 aliphatic heterocycles. The van der Waals surface area contributed by atoms with Gasteiger partial charge in [0.05, 0.1) is 5.56 Å². The summed E-state index contributed by atoms with van der Waals surface area (Å²) in [5.41, 5.74) is 1.91. The quantitative estimate of drug-likeness (QED) is 0.800. The van der Waals surface area contributed by atoms with E-state index in [-0.39, 0.29) is 18.6 Å². The summed E-state index contributed by atoms with van der Waals surface area (Å²) in [6, 6.07) is 6.25. The van der Waals surface area contributed by atoms with E-state index >= 15 is 0 Å². The lowest BCUT2D eigenvalue weighted by molar-refractivity contribution is 0.0933. The standard InChI is InChI=1S/C18H27NO2S/c1-13-9-10-17(22-15-7-3-4-8-15)16(12-13)18(21)19-14(2)6-5-11-20/h9-10,12,14-15,20H,3-8,11H2,1-2H3,(H,19,21). The van der Waals surface area contributed by atoms with Crippen molar-refractivity contribution in [2.75, 3.05) is 6.61 Å². The zero-order valence-corrected chi connectivity index (χ0v) is 14.4. The fourth-order valence-electron chi connectivity index (χ4n) is 2.88. The first-order valence-electron chi connectivity index (χ1n) is 8.29. The van der Waals surface area contributed by atoms with Gasteiger partial charge < -0.3 is 10.4 Å². The number of hydrogen-bond acceptors (Lipinski definition) is 3. The molecule has 0 radical (unpaired) electrons. The number of rotatable bonds is 7. The molecule has 1 saturated carbocycles. The van der Waals surface area contributed by atoms with Crippen molar-refractivity contribution in [3.8, 4) is 0 Å². The van der Waals surface area contributed by atoms with Crippen molar-refractivity contribution in [3.05, 3.63) is 29.3 Å². The maximum Gasteiger partial charge on any atom is 0.252 e. The Hall–Kier alpha value is -1.00. The van der Waals surface area contributed by atoms with E-state index in [0.29, 0.717) is 5.25 Å². The van der Waals surface area contributed by atoms with Crippen molar-refractivity contribution in [1.29, 1.82) is 0 Å². The number of carbonyl (C=O) groups is 1. The highest BCUT2D eigenvalue weighted by Gasteiger charge is 2.20. The highest BCUT2D eigenvalue weighted by Crippen LogP contribution is 2.36. The summed E-state index contributed by atoms with van der Waals surface area (Å²) in [5.74, 6) is 0.00892. The lowest BCUT2D eigenvalue weighted by Gasteiger charge is -2.17. The largest absolute Gasteiger partial charge is 0.396 e. The fourth-order valence-corrected chi connectivity index (χ4v) is 4.23. The Bertz CT molecular complexity index is 498. The minimum absolute atomic E-state index is 0.00892. The van der Waals surface area contributed by atoms with Crippen LogP contribution in [-0.4, -0.2) is 28.9 Å². The van der Waals surface area contributed by atoms with Gasteiger partial charge in [-0.3, -0.25) is 4.79 Å². The number of aryl methyl sites for hydroxylation is 1. The Morgan fingerprint density at radius 3 is 2.82 bits per heavy atom. The molecule has 2 N–H and O–H groups in total. The first-order chi connectivity index (χ1) is 10.6. The Morgan fingerprint density at radius 2 is 2.14 bits per heavy atom. The number of amides is 1. The summed E-state index contributed by atoms with van der Waals surface area (Å²) in [5, 5.41) is 12.6. The average Bonchev–Trinajstić information content (AvgIpc) is 3.00. The Kier molecular flexibility index (Phi) is 6.77. The van der Waals surface area contributed by atoms with Crippen molar-refractivity contribution in [2.45, 2.75) is 68.6 Å². The van der Waals surface area contributed by atoms with Crippen LogP contribution in [0.25, 0.3) is 0 Å². The molecule has 1 atom stereocenters. The van der Waals surface area contributed by atoms with Gasteiger partial charge in [0.15, 0.2) is 0 Å². The van der Waals surface area contributed by atoms with Crippen LogP contribution in [0.15, 0.2) is 23.1 Å². The van der Waals surface area contributed by atoms with E-state index in [4.69, 9.17) is 5.11 Å². The molecule has 1 fully saturated rings. The molecule has 1 aliphatic carbocycles. The number of aliphatic hydroxyl groups is 1. The summed E-state index contributed by atoms with van der Waals surface area (Å²) in [6.07, 6.45) is 6.66. The van der Waals surface area contributed by atoms with Gasteiger partial charge in [0.1, 0.15) is 0 Å². The minimum Gasteiger partial charge on any atom is -0.396 e. The highest BCUT2D eigenvalue weighted by molar-refractivity contribution is 8.00. The van der Waals surface area contributed by atoms with Gasteiger partial charge in [-0.2, -0.15) is 0 Å².